The number of benzene rings is 1. The highest BCUT2D eigenvalue weighted by Gasteiger charge is 2.33. The van der Waals surface area contributed by atoms with E-state index in [1.807, 2.05) is 61.2 Å². The van der Waals surface area contributed by atoms with Crippen LogP contribution in [0.15, 0.2) is 30.3 Å². The van der Waals surface area contributed by atoms with Crippen LogP contribution in [0.4, 0.5) is 5.82 Å². The molecule has 4 rings (SSSR count). The van der Waals surface area contributed by atoms with Crippen LogP contribution < -0.4 is 4.90 Å². The minimum atomic E-state index is -0.138. The van der Waals surface area contributed by atoms with Crippen molar-refractivity contribution >= 4 is 17.6 Å². The Balaban J connectivity index is 1.69. The van der Waals surface area contributed by atoms with E-state index >= 15 is 0 Å². The highest BCUT2D eigenvalue weighted by molar-refractivity contribution is 5.95. The number of amides is 2. The molecule has 7 heteroatoms. The lowest BCUT2D eigenvalue weighted by Crippen LogP contribution is -2.44. The average molecular weight is 422 g/mol. The SMILES string of the molecule is Cc1nc(C2CCCCN2C(=O)CN(C)C)nc2c1CCC(=O)N2Cc1ccccc1. The molecule has 164 valence electrons. The van der Waals surface area contributed by atoms with Crippen molar-refractivity contribution in [1.82, 2.24) is 19.8 Å². The summed E-state index contributed by atoms with van der Waals surface area (Å²) in [5.41, 5.74) is 3.03. The van der Waals surface area contributed by atoms with Crippen LogP contribution >= 0.6 is 0 Å². The van der Waals surface area contributed by atoms with Crippen molar-refractivity contribution in [3.63, 3.8) is 0 Å². The maximum absolute atomic E-state index is 12.9. The van der Waals surface area contributed by atoms with E-state index in [9.17, 15) is 9.59 Å². The Hall–Kier alpha value is -2.80. The first-order valence-electron chi connectivity index (χ1n) is 11.1. The van der Waals surface area contributed by atoms with Gasteiger partial charge in [-0.1, -0.05) is 30.3 Å². The number of anilines is 1. The van der Waals surface area contributed by atoms with Crippen LogP contribution in [0.2, 0.25) is 0 Å². The summed E-state index contributed by atoms with van der Waals surface area (Å²) in [5.74, 6) is 1.57. The number of aryl methyl sites for hydroxylation is 1. The van der Waals surface area contributed by atoms with Crippen molar-refractivity contribution in [2.24, 2.45) is 0 Å². The minimum Gasteiger partial charge on any atom is -0.331 e. The normalized spacial score (nSPS) is 19.0. The van der Waals surface area contributed by atoms with Gasteiger partial charge in [-0.2, -0.15) is 0 Å². The first kappa shape index (κ1) is 21.4. The third-order valence-corrected chi connectivity index (χ3v) is 6.11. The summed E-state index contributed by atoms with van der Waals surface area (Å²) >= 11 is 0. The zero-order valence-corrected chi connectivity index (χ0v) is 18.7. The molecule has 2 aromatic rings. The lowest BCUT2D eigenvalue weighted by Gasteiger charge is -2.37. The fourth-order valence-corrected chi connectivity index (χ4v) is 4.54. The monoisotopic (exact) mass is 421 g/mol. The largest absolute Gasteiger partial charge is 0.331 e. The number of likely N-dealkylation sites (tertiary alicyclic amines) is 1. The molecule has 2 aliphatic heterocycles. The number of rotatable bonds is 5. The fourth-order valence-electron chi connectivity index (χ4n) is 4.54. The van der Waals surface area contributed by atoms with Gasteiger partial charge >= 0.3 is 0 Å². The molecule has 1 fully saturated rings. The van der Waals surface area contributed by atoms with E-state index in [1.54, 1.807) is 4.90 Å². The third kappa shape index (κ3) is 4.61. The number of hydrogen-bond donors (Lipinski definition) is 0. The predicted octanol–water partition coefficient (Wildman–Crippen LogP) is 2.88. The van der Waals surface area contributed by atoms with Gasteiger partial charge in [-0.3, -0.25) is 14.5 Å². The van der Waals surface area contributed by atoms with E-state index < -0.39 is 0 Å². The van der Waals surface area contributed by atoms with Gasteiger partial charge in [0, 0.05) is 24.2 Å². The molecule has 0 radical (unpaired) electrons. The summed E-state index contributed by atoms with van der Waals surface area (Å²) in [5, 5.41) is 0. The lowest BCUT2D eigenvalue weighted by molar-refractivity contribution is -0.136. The summed E-state index contributed by atoms with van der Waals surface area (Å²) in [4.78, 5) is 41.1. The van der Waals surface area contributed by atoms with Crippen LogP contribution in [0.5, 0.6) is 0 Å². The molecule has 0 bridgehead atoms. The summed E-state index contributed by atoms with van der Waals surface area (Å²) in [6.07, 6.45) is 4.03. The Morgan fingerprint density at radius 2 is 1.90 bits per heavy atom. The van der Waals surface area contributed by atoms with E-state index in [1.165, 1.54) is 0 Å². The van der Waals surface area contributed by atoms with Gasteiger partial charge in [0.2, 0.25) is 11.8 Å². The molecule has 1 saturated heterocycles. The molecule has 7 nitrogen and oxygen atoms in total. The number of aromatic nitrogens is 2. The van der Waals surface area contributed by atoms with Gasteiger partial charge in [0.05, 0.1) is 19.1 Å². The molecule has 2 aliphatic rings. The predicted molar refractivity (Wildman–Crippen MR) is 120 cm³/mol. The van der Waals surface area contributed by atoms with Gasteiger partial charge in [-0.25, -0.2) is 9.97 Å². The highest BCUT2D eigenvalue weighted by atomic mass is 16.2. The Morgan fingerprint density at radius 1 is 1.13 bits per heavy atom. The maximum atomic E-state index is 12.9. The maximum Gasteiger partial charge on any atom is 0.237 e. The summed E-state index contributed by atoms with van der Waals surface area (Å²) in [6.45, 7) is 3.59. The first-order valence-corrected chi connectivity index (χ1v) is 11.1. The molecule has 0 saturated carbocycles. The van der Waals surface area contributed by atoms with E-state index in [4.69, 9.17) is 9.97 Å². The second-order valence-electron chi connectivity index (χ2n) is 8.77. The zero-order chi connectivity index (χ0) is 22.0. The van der Waals surface area contributed by atoms with E-state index in [2.05, 4.69) is 0 Å². The summed E-state index contributed by atoms with van der Waals surface area (Å²) in [7, 11) is 3.81. The van der Waals surface area contributed by atoms with Crippen molar-refractivity contribution in [3.05, 3.63) is 53.0 Å². The molecule has 31 heavy (non-hydrogen) atoms. The number of piperidine rings is 1. The molecule has 0 N–H and O–H groups in total. The molecule has 0 spiro atoms. The molecule has 1 atom stereocenters. The summed E-state index contributed by atoms with van der Waals surface area (Å²) < 4.78 is 0. The zero-order valence-electron chi connectivity index (χ0n) is 18.7. The van der Waals surface area contributed by atoms with Crippen molar-refractivity contribution in [1.29, 1.82) is 0 Å². The molecule has 1 unspecified atom stereocenters. The number of hydrogen-bond acceptors (Lipinski definition) is 5. The molecule has 0 aliphatic carbocycles. The standard InChI is InChI=1S/C24H31N5O2/c1-17-19-12-13-21(30)29(15-18-9-5-4-6-10-18)24(19)26-23(25-17)20-11-7-8-14-28(20)22(31)16-27(2)3/h4-6,9-10,20H,7-8,11-16H2,1-3H3. The molecule has 1 aromatic carbocycles. The number of carbonyl (C=O) groups is 2. The van der Waals surface area contributed by atoms with Crippen LogP contribution in [0.3, 0.4) is 0 Å². The second-order valence-corrected chi connectivity index (χ2v) is 8.77. The second kappa shape index (κ2) is 9.14. The Kier molecular flexibility index (Phi) is 6.32. The highest BCUT2D eigenvalue weighted by Crippen LogP contribution is 2.34. The van der Waals surface area contributed by atoms with Crippen LogP contribution in [0, 0.1) is 6.92 Å². The molecule has 2 amide bonds. The molecular formula is C24H31N5O2. The number of likely N-dealkylation sites (N-methyl/N-ethyl adjacent to an activating group) is 1. The van der Waals surface area contributed by atoms with Gasteiger partial charge in [-0.15, -0.1) is 0 Å². The van der Waals surface area contributed by atoms with Gasteiger partial charge < -0.3 is 9.80 Å². The Bertz CT molecular complexity index is 960. The molecule has 1 aromatic heterocycles. The summed E-state index contributed by atoms with van der Waals surface area (Å²) in [6, 6.07) is 9.86. The quantitative estimate of drug-likeness (QED) is 0.743. The van der Waals surface area contributed by atoms with E-state index in [-0.39, 0.29) is 17.9 Å². The topological polar surface area (TPSA) is 69.6 Å². The molecular weight excluding hydrogens is 390 g/mol. The minimum absolute atomic E-state index is 0.0876. The van der Waals surface area contributed by atoms with Gasteiger partial charge in [0.15, 0.2) is 5.82 Å². The third-order valence-electron chi connectivity index (χ3n) is 6.11. The Labute approximate surface area is 184 Å². The number of nitrogens with zero attached hydrogens (tertiary/aromatic N) is 5. The Morgan fingerprint density at radius 3 is 2.65 bits per heavy atom. The first-order chi connectivity index (χ1) is 14.9. The number of fused-ring (bicyclic) bond motifs is 1. The average Bonchev–Trinajstić information content (AvgIpc) is 2.76. The van der Waals surface area contributed by atoms with E-state index in [0.29, 0.717) is 37.6 Å². The number of carbonyl (C=O) groups excluding carboxylic acids is 2. The van der Waals surface area contributed by atoms with Gasteiger partial charge in [0.25, 0.3) is 0 Å². The lowest BCUT2D eigenvalue weighted by atomic mass is 9.99. The van der Waals surface area contributed by atoms with Crippen LogP contribution in [0.1, 0.15) is 54.4 Å². The van der Waals surface area contributed by atoms with E-state index in [0.717, 1.165) is 42.6 Å². The smallest absolute Gasteiger partial charge is 0.237 e. The molecule has 3 heterocycles. The van der Waals surface area contributed by atoms with Crippen LogP contribution in [-0.2, 0) is 22.6 Å². The van der Waals surface area contributed by atoms with Crippen molar-refractivity contribution < 1.29 is 9.59 Å². The van der Waals surface area contributed by atoms with Crippen molar-refractivity contribution in [2.45, 2.75) is 51.6 Å². The van der Waals surface area contributed by atoms with Crippen LogP contribution in [0.25, 0.3) is 0 Å². The van der Waals surface area contributed by atoms with Crippen molar-refractivity contribution in [2.75, 3.05) is 32.1 Å². The fraction of sp³-hybridized carbons (Fsp3) is 0.500. The van der Waals surface area contributed by atoms with Crippen LogP contribution in [-0.4, -0.2) is 58.8 Å². The van der Waals surface area contributed by atoms with Gasteiger partial charge in [-0.05, 0) is 52.3 Å². The van der Waals surface area contributed by atoms with Crippen molar-refractivity contribution in [3.8, 4) is 0 Å². The van der Waals surface area contributed by atoms with Gasteiger partial charge in [0.1, 0.15) is 5.82 Å².